The molecule has 0 amide bonds. The normalized spacial score (nSPS) is 19.4. The van der Waals surface area contributed by atoms with Gasteiger partial charge in [-0.25, -0.2) is 0 Å². The van der Waals surface area contributed by atoms with Crippen molar-refractivity contribution >= 4 is 11.6 Å². The van der Waals surface area contributed by atoms with Crippen molar-refractivity contribution in [3.63, 3.8) is 0 Å². The quantitative estimate of drug-likeness (QED) is 0.387. The Hall–Kier alpha value is -1.26. The van der Waals surface area contributed by atoms with Crippen molar-refractivity contribution < 1.29 is 9.59 Å². The van der Waals surface area contributed by atoms with E-state index in [1.165, 1.54) is 51.4 Å². The van der Waals surface area contributed by atoms with Crippen LogP contribution in [-0.2, 0) is 9.59 Å². The fourth-order valence-electron chi connectivity index (χ4n) is 5.15. The monoisotopic (exact) mass is 446 g/mol. The molecule has 0 aliphatic heterocycles. The Bertz CT molecular complexity index is 656. The van der Waals surface area contributed by atoms with Gasteiger partial charge in [-0.15, -0.1) is 0 Å². The molecule has 4 heteroatoms. The predicted octanol–water partition coefficient (Wildman–Crippen LogP) is 6.53. The number of carbonyl (C=O) groups is 2. The van der Waals surface area contributed by atoms with Crippen LogP contribution in [0.4, 0.5) is 0 Å². The number of rotatable bonds is 10. The predicted molar refractivity (Wildman–Crippen MR) is 137 cm³/mol. The molecule has 2 N–H and O–H groups in total. The molecule has 1 fully saturated rings. The second-order valence-corrected chi connectivity index (χ2v) is 9.98. The summed E-state index contributed by atoms with van der Waals surface area (Å²) >= 11 is 0. The van der Waals surface area contributed by atoms with Crippen molar-refractivity contribution in [1.29, 1.82) is 0 Å². The highest BCUT2D eigenvalue weighted by molar-refractivity contribution is 6.04. The maximum absolute atomic E-state index is 11.8. The molecule has 1 unspecified atom stereocenters. The first kappa shape index (κ1) is 28.8. The molecule has 1 saturated carbocycles. The number of hydrogen-bond donors (Lipinski definition) is 1. The summed E-state index contributed by atoms with van der Waals surface area (Å²) in [6.07, 6.45) is 15.1. The molecule has 0 aromatic carbocycles. The van der Waals surface area contributed by atoms with Gasteiger partial charge in [-0.2, -0.15) is 0 Å². The van der Waals surface area contributed by atoms with Gasteiger partial charge in [0, 0.05) is 30.6 Å². The number of unbranched alkanes of at least 4 members (excludes halogenated alkanes) is 1. The van der Waals surface area contributed by atoms with E-state index in [4.69, 9.17) is 5.73 Å². The lowest BCUT2D eigenvalue weighted by atomic mass is 9.83. The van der Waals surface area contributed by atoms with Crippen molar-refractivity contribution in [2.75, 3.05) is 13.6 Å². The second-order valence-electron chi connectivity index (χ2n) is 9.98. The lowest BCUT2D eigenvalue weighted by Gasteiger charge is -2.32. The number of nitrogens with zero attached hydrogens (tertiary/aromatic N) is 1. The van der Waals surface area contributed by atoms with E-state index in [0.29, 0.717) is 12.5 Å². The Morgan fingerprint density at radius 2 is 1.72 bits per heavy atom. The molecule has 0 heterocycles. The molecular weight excluding hydrogens is 396 g/mol. The van der Waals surface area contributed by atoms with E-state index in [0.717, 1.165) is 60.6 Å². The zero-order chi connectivity index (χ0) is 24.1. The van der Waals surface area contributed by atoms with E-state index in [2.05, 4.69) is 25.8 Å². The van der Waals surface area contributed by atoms with Gasteiger partial charge in [-0.3, -0.25) is 9.59 Å². The molecule has 184 valence electrons. The van der Waals surface area contributed by atoms with Crippen molar-refractivity contribution in [2.24, 2.45) is 5.73 Å². The standard InChI is InChI=1S/C15H22O2.C13H28N2/c1-5-7-10(2)15(12(4)16)13-8-6-9-14(17)11(13)3;1-3-4-8-12(14)11-15(2)13-9-6-5-7-10-13/h5-9H2,1-4H3;12-13H,3-11,14H2,1-2H3/b15-10-;. The molecule has 0 bridgehead atoms. The van der Waals surface area contributed by atoms with Crippen LogP contribution in [-0.4, -0.2) is 42.1 Å². The van der Waals surface area contributed by atoms with Crippen LogP contribution in [0.3, 0.4) is 0 Å². The zero-order valence-electron chi connectivity index (χ0n) is 21.9. The highest BCUT2D eigenvalue weighted by Gasteiger charge is 2.23. The summed E-state index contributed by atoms with van der Waals surface area (Å²) in [6, 6.07) is 1.20. The van der Waals surface area contributed by atoms with E-state index >= 15 is 0 Å². The Balaban J connectivity index is 0.000000323. The Kier molecular flexibility index (Phi) is 14.0. The highest BCUT2D eigenvalue weighted by Crippen LogP contribution is 2.31. The molecule has 2 rings (SSSR count). The first-order valence-corrected chi connectivity index (χ1v) is 13.1. The number of hydrogen-bond acceptors (Lipinski definition) is 4. The zero-order valence-corrected chi connectivity index (χ0v) is 21.9. The molecule has 0 spiro atoms. The number of likely N-dealkylation sites (N-methyl/N-ethyl adjacent to an activating group) is 1. The van der Waals surface area contributed by atoms with Gasteiger partial charge in [0.25, 0.3) is 0 Å². The van der Waals surface area contributed by atoms with Crippen molar-refractivity contribution in [2.45, 2.75) is 130 Å². The lowest BCUT2D eigenvalue weighted by Crippen LogP contribution is -2.41. The van der Waals surface area contributed by atoms with Crippen molar-refractivity contribution in [1.82, 2.24) is 4.90 Å². The van der Waals surface area contributed by atoms with Crippen molar-refractivity contribution in [3.8, 4) is 0 Å². The number of Topliss-reactive ketones (excluding diaryl/α,β-unsaturated/α-hetero) is 2. The van der Waals surface area contributed by atoms with Crippen LogP contribution in [0.2, 0.25) is 0 Å². The molecule has 32 heavy (non-hydrogen) atoms. The van der Waals surface area contributed by atoms with Crippen LogP contribution in [0.1, 0.15) is 118 Å². The smallest absolute Gasteiger partial charge is 0.160 e. The average Bonchev–Trinajstić information content (AvgIpc) is 2.76. The summed E-state index contributed by atoms with van der Waals surface area (Å²) in [6.45, 7) is 10.9. The molecular formula is C28H50N2O2. The third-order valence-electron chi connectivity index (χ3n) is 7.06. The molecule has 0 aromatic rings. The Morgan fingerprint density at radius 1 is 1.06 bits per heavy atom. The number of carbonyl (C=O) groups excluding carboxylic acids is 2. The van der Waals surface area contributed by atoms with Crippen molar-refractivity contribution in [3.05, 3.63) is 22.3 Å². The minimum absolute atomic E-state index is 0.0972. The fourth-order valence-corrected chi connectivity index (χ4v) is 5.15. The molecule has 0 aromatic heterocycles. The lowest BCUT2D eigenvalue weighted by molar-refractivity contribution is -0.116. The van der Waals surface area contributed by atoms with Crippen LogP contribution in [0.5, 0.6) is 0 Å². The van der Waals surface area contributed by atoms with Gasteiger partial charge in [0.2, 0.25) is 0 Å². The third-order valence-corrected chi connectivity index (χ3v) is 7.06. The van der Waals surface area contributed by atoms with E-state index in [1.54, 1.807) is 6.92 Å². The topological polar surface area (TPSA) is 63.4 Å². The summed E-state index contributed by atoms with van der Waals surface area (Å²) in [5.74, 6) is 0.300. The average molecular weight is 447 g/mol. The second kappa shape index (κ2) is 15.6. The Labute approximate surface area is 198 Å². The number of nitrogens with two attached hydrogens (primary N) is 1. The largest absolute Gasteiger partial charge is 0.327 e. The SMILES string of the molecule is CCC/C(C)=C(/C(C)=O)C1=C(C)C(=O)CCC1.CCCCC(N)CN(C)C1CCCCC1. The van der Waals surface area contributed by atoms with Crippen LogP contribution in [0.15, 0.2) is 22.3 Å². The maximum atomic E-state index is 11.8. The van der Waals surface area contributed by atoms with Gasteiger partial charge in [0.15, 0.2) is 11.6 Å². The van der Waals surface area contributed by atoms with Crippen LogP contribution < -0.4 is 5.73 Å². The van der Waals surface area contributed by atoms with Gasteiger partial charge in [0.1, 0.15) is 0 Å². The summed E-state index contributed by atoms with van der Waals surface area (Å²) in [7, 11) is 2.25. The minimum atomic E-state index is 0.0972. The first-order chi connectivity index (χ1) is 15.2. The Morgan fingerprint density at radius 3 is 2.28 bits per heavy atom. The van der Waals surface area contributed by atoms with Crippen LogP contribution >= 0.6 is 0 Å². The summed E-state index contributed by atoms with van der Waals surface area (Å²) in [5.41, 5.74) is 9.87. The molecule has 1 atom stereocenters. The van der Waals surface area contributed by atoms with Gasteiger partial charge >= 0.3 is 0 Å². The molecule has 4 nitrogen and oxygen atoms in total. The minimum Gasteiger partial charge on any atom is -0.327 e. The maximum Gasteiger partial charge on any atom is 0.160 e. The molecule has 2 aliphatic carbocycles. The van der Waals surface area contributed by atoms with Gasteiger partial charge < -0.3 is 10.6 Å². The number of ketones is 2. The van der Waals surface area contributed by atoms with E-state index in [-0.39, 0.29) is 11.6 Å². The van der Waals surface area contributed by atoms with Crippen LogP contribution in [0, 0.1) is 0 Å². The first-order valence-electron chi connectivity index (χ1n) is 13.1. The molecule has 0 radical (unpaired) electrons. The van der Waals surface area contributed by atoms with Gasteiger partial charge in [0.05, 0.1) is 0 Å². The van der Waals surface area contributed by atoms with E-state index in [9.17, 15) is 9.59 Å². The van der Waals surface area contributed by atoms with Gasteiger partial charge in [-0.1, -0.05) is 57.9 Å². The van der Waals surface area contributed by atoms with E-state index < -0.39 is 0 Å². The summed E-state index contributed by atoms with van der Waals surface area (Å²) in [4.78, 5) is 26.0. The highest BCUT2D eigenvalue weighted by atomic mass is 16.1. The fraction of sp³-hybridized carbons (Fsp3) is 0.786. The summed E-state index contributed by atoms with van der Waals surface area (Å²) in [5, 5.41) is 0. The van der Waals surface area contributed by atoms with Crippen LogP contribution in [0.25, 0.3) is 0 Å². The number of allylic oxidation sites excluding steroid dienone is 4. The summed E-state index contributed by atoms with van der Waals surface area (Å²) < 4.78 is 0. The molecule has 0 saturated heterocycles. The third kappa shape index (κ3) is 9.70. The molecule has 2 aliphatic rings. The van der Waals surface area contributed by atoms with Gasteiger partial charge in [-0.05, 0) is 77.5 Å². The van der Waals surface area contributed by atoms with E-state index in [1.807, 2.05) is 13.8 Å².